The Kier molecular flexibility index (Phi) is 4.95. The zero-order valence-corrected chi connectivity index (χ0v) is 15.8. The highest BCUT2D eigenvalue weighted by atomic mass is 79.9. The normalized spacial score (nSPS) is 10.6. The molecule has 4 nitrogen and oxygen atoms in total. The third-order valence-corrected chi connectivity index (χ3v) is 4.39. The van der Waals surface area contributed by atoms with Gasteiger partial charge in [0, 0.05) is 5.56 Å². The van der Waals surface area contributed by atoms with E-state index in [0.29, 0.717) is 5.56 Å². The molecule has 0 spiro atoms. The lowest BCUT2D eigenvalue weighted by Crippen LogP contribution is -2.06. The van der Waals surface area contributed by atoms with E-state index in [-0.39, 0.29) is 5.97 Å². The third-order valence-electron chi connectivity index (χ3n) is 3.94. The first-order chi connectivity index (χ1) is 12.0. The average Bonchev–Trinajstić information content (AvgIpc) is 2.61. The number of carbonyl (C=O) groups is 1. The molecule has 0 saturated carbocycles. The second-order valence-electron chi connectivity index (χ2n) is 5.73. The van der Waals surface area contributed by atoms with E-state index in [4.69, 9.17) is 9.72 Å². The second-order valence-corrected chi connectivity index (χ2v) is 6.54. The highest BCUT2D eigenvalue weighted by molar-refractivity contribution is 9.10. The first kappa shape index (κ1) is 17.3. The monoisotopic (exact) mass is 396 g/mol. The smallest absolute Gasteiger partial charge is 0.338 e. The minimum Gasteiger partial charge on any atom is -0.465 e. The van der Waals surface area contributed by atoms with Crippen LogP contribution in [0.2, 0.25) is 0 Å². The summed E-state index contributed by atoms with van der Waals surface area (Å²) < 4.78 is 5.63. The number of carbonyl (C=O) groups excluding carboxylic acids is 1. The summed E-state index contributed by atoms with van der Waals surface area (Å²) in [6.45, 7) is 3.81. The van der Waals surface area contributed by atoms with E-state index < -0.39 is 0 Å². The summed E-state index contributed by atoms with van der Waals surface area (Å²) in [6.07, 6.45) is 0. The molecule has 5 heteroatoms. The quantitative estimate of drug-likeness (QED) is 0.462. The molecule has 126 valence electrons. The molecular weight excluding hydrogens is 380 g/mol. The number of methoxy groups -OCH3 is 1. The lowest BCUT2D eigenvalue weighted by molar-refractivity contribution is 0.0599. The van der Waals surface area contributed by atoms with Crippen LogP contribution in [0.4, 0.5) is 0 Å². The molecular formula is C20H17BrN2O2. The molecule has 1 aromatic carbocycles. The molecule has 25 heavy (non-hydrogen) atoms. The summed E-state index contributed by atoms with van der Waals surface area (Å²) >= 11 is 3.39. The Balaban J connectivity index is 2.06. The van der Waals surface area contributed by atoms with Gasteiger partial charge in [0.2, 0.25) is 0 Å². The number of aryl methyl sites for hydroxylation is 2. The fourth-order valence-electron chi connectivity index (χ4n) is 2.82. The van der Waals surface area contributed by atoms with E-state index in [1.54, 1.807) is 0 Å². The van der Waals surface area contributed by atoms with Crippen LogP contribution >= 0.6 is 15.9 Å². The maximum atomic E-state index is 11.9. The van der Waals surface area contributed by atoms with Gasteiger partial charge in [0.25, 0.3) is 0 Å². The molecule has 0 saturated heterocycles. The summed E-state index contributed by atoms with van der Waals surface area (Å²) in [5, 5.41) is 0. The van der Waals surface area contributed by atoms with Gasteiger partial charge < -0.3 is 4.74 Å². The Morgan fingerprint density at radius 2 is 1.48 bits per heavy atom. The van der Waals surface area contributed by atoms with E-state index in [9.17, 15) is 4.79 Å². The number of aromatic nitrogens is 2. The number of pyridine rings is 2. The summed E-state index contributed by atoms with van der Waals surface area (Å²) in [4.78, 5) is 21.1. The standard InChI is InChI=1S/C20H17BrN2O2/c1-12-10-14(11-13(2)19(12)20(24)25-3)15-6-4-7-16(22-15)17-8-5-9-18(21)23-17/h4-11H,1-3H3. The minimum absolute atomic E-state index is 0.318. The lowest BCUT2D eigenvalue weighted by Gasteiger charge is -2.11. The Bertz CT molecular complexity index is 931. The van der Waals surface area contributed by atoms with Crippen LogP contribution in [0, 0.1) is 13.8 Å². The molecule has 0 fully saturated rings. The summed E-state index contributed by atoms with van der Waals surface area (Å²) in [5.74, 6) is -0.318. The predicted octanol–water partition coefficient (Wildman–Crippen LogP) is 4.98. The molecule has 0 aliphatic carbocycles. The minimum atomic E-state index is -0.318. The SMILES string of the molecule is COC(=O)c1c(C)cc(-c2cccc(-c3cccc(Br)n3)n2)cc1C. The molecule has 2 heterocycles. The first-order valence-corrected chi connectivity index (χ1v) is 8.59. The van der Waals surface area contributed by atoms with E-state index in [0.717, 1.165) is 38.4 Å². The van der Waals surface area contributed by atoms with Crippen LogP contribution in [-0.2, 0) is 4.74 Å². The molecule has 0 atom stereocenters. The van der Waals surface area contributed by atoms with Crippen molar-refractivity contribution in [2.24, 2.45) is 0 Å². The number of hydrogen-bond acceptors (Lipinski definition) is 4. The van der Waals surface area contributed by atoms with Crippen LogP contribution in [0.1, 0.15) is 21.5 Å². The summed E-state index contributed by atoms with van der Waals surface area (Å²) in [5.41, 5.74) is 5.74. The summed E-state index contributed by atoms with van der Waals surface area (Å²) in [7, 11) is 1.39. The molecule has 0 bridgehead atoms. The fraction of sp³-hybridized carbons (Fsp3) is 0.150. The van der Waals surface area contributed by atoms with Crippen molar-refractivity contribution in [3.63, 3.8) is 0 Å². The van der Waals surface area contributed by atoms with Gasteiger partial charge in [-0.1, -0.05) is 12.1 Å². The maximum absolute atomic E-state index is 11.9. The number of benzene rings is 1. The highest BCUT2D eigenvalue weighted by Gasteiger charge is 2.15. The van der Waals surface area contributed by atoms with Gasteiger partial charge in [-0.3, -0.25) is 0 Å². The van der Waals surface area contributed by atoms with Gasteiger partial charge in [-0.05, 0) is 77.3 Å². The largest absolute Gasteiger partial charge is 0.465 e. The number of hydrogen-bond donors (Lipinski definition) is 0. The van der Waals surface area contributed by atoms with Gasteiger partial charge in [-0.2, -0.15) is 0 Å². The summed E-state index contributed by atoms with van der Waals surface area (Å²) in [6, 6.07) is 15.5. The first-order valence-electron chi connectivity index (χ1n) is 7.79. The van der Waals surface area contributed by atoms with Crippen molar-refractivity contribution in [3.8, 4) is 22.6 Å². The average molecular weight is 397 g/mol. The van der Waals surface area contributed by atoms with Crippen molar-refractivity contribution in [3.05, 3.63) is 69.8 Å². The molecule has 0 aliphatic rings. The Hall–Kier alpha value is -2.53. The van der Waals surface area contributed by atoms with Crippen molar-refractivity contribution in [2.45, 2.75) is 13.8 Å². The van der Waals surface area contributed by atoms with Crippen molar-refractivity contribution in [1.82, 2.24) is 9.97 Å². The molecule has 3 rings (SSSR count). The zero-order chi connectivity index (χ0) is 18.0. The van der Waals surface area contributed by atoms with Gasteiger partial charge in [-0.25, -0.2) is 14.8 Å². The van der Waals surface area contributed by atoms with Gasteiger partial charge in [0.15, 0.2) is 0 Å². The number of esters is 1. The van der Waals surface area contributed by atoms with E-state index in [1.807, 2.05) is 62.4 Å². The van der Waals surface area contributed by atoms with Crippen LogP contribution in [0.15, 0.2) is 53.1 Å². The van der Waals surface area contributed by atoms with Gasteiger partial charge >= 0.3 is 5.97 Å². The maximum Gasteiger partial charge on any atom is 0.338 e. The van der Waals surface area contributed by atoms with Gasteiger partial charge in [0.1, 0.15) is 4.60 Å². The second kappa shape index (κ2) is 7.15. The van der Waals surface area contributed by atoms with Crippen LogP contribution in [0.25, 0.3) is 22.6 Å². The van der Waals surface area contributed by atoms with Crippen LogP contribution < -0.4 is 0 Å². The molecule has 0 amide bonds. The third kappa shape index (κ3) is 3.61. The molecule has 0 unspecified atom stereocenters. The Labute approximate surface area is 155 Å². The van der Waals surface area contributed by atoms with E-state index >= 15 is 0 Å². The van der Waals surface area contributed by atoms with E-state index in [1.165, 1.54) is 7.11 Å². The predicted molar refractivity (Wildman–Crippen MR) is 101 cm³/mol. The number of nitrogens with zero attached hydrogens (tertiary/aromatic N) is 2. The Morgan fingerprint density at radius 1 is 0.920 bits per heavy atom. The van der Waals surface area contributed by atoms with Crippen molar-refractivity contribution < 1.29 is 9.53 Å². The molecule has 0 radical (unpaired) electrons. The van der Waals surface area contributed by atoms with Crippen LogP contribution in [0.5, 0.6) is 0 Å². The number of ether oxygens (including phenoxy) is 1. The highest BCUT2D eigenvalue weighted by Crippen LogP contribution is 2.26. The van der Waals surface area contributed by atoms with E-state index in [2.05, 4.69) is 20.9 Å². The van der Waals surface area contributed by atoms with Crippen LogP contribution in [-0.4, -0.2) is 23.0 Å². The van der Waals surface area contributed by atoms with Gasteiger partial charge in [-0.15, -0.1) is 0 Å². The molecule has 2 aromatic heterocycles. The van der Waals surface area contributed by atoms with Crippen molar-refractivity contribution >= 4 is 21.9 Å². The number of rotatable bonds is 3. The zero-order valence-electron chi connectivity index (χ0n) is 14.2. The van der Waals surface area contributed by atoms with Gasteiger partial charge in [0.05, 0.1) is 29.8 Å². The lowest BCUT2D eigenvalue weighted by atomic mass is 9.97. The molecule has 3 aromatic rings. The van der Waals surface area contributed by atoms with Crippen molar-refractivity contribution in [2.75, 3.05) is 7.11 Å². The van der Waals surface area contributed by atoms with Crippen LogP contribution in [0.3, 0.4) is 0 Å². The van der Waals surface area contributed by atoms with Crippen molar-refractivity contribution in [1.29, 1.82) is 0 Å². The molecule has 0 aliphatic heterocycles. The molecule has 0 N–H and O–H groups in total. The Morgan fingerprint density at radius 3 is 2.08 bits per heavy atom. The topological polar surface area (TPSA) is 52.1 Å². The fourth-order valence-corrected chi connectivity index (χ4v) is 3.17. The number of halogens is 1.